The summed E-state index contributed by atoms with van der Waals surface area (Å²) in [7, 11) is 0. The normalized spacial score (nSPS) is 17.0. The Bertz CT molecular complexity index is 1210. The van der Waals surface area contributed by atoms with Gasteiger partial charge in [0.1, 0.15) is 22.7 Å². The first-order valence-electron chi connectivity index (χ1n) is 14.1. The van der Waals surface area contributed by atoms with E-state index >= 15 is 0 Å². The lowest BCUT2D eigenvalue weighted by Crippen LogP contribution is -2.43. The first kappa shape index (κ1) is 29.2. The van der Waals surface area contributed by atoms with E-state index in [1.165, 1.54) is 0 Å². The van der Waals surface area contributed by atoms with Crippen molar-refractivity contribution in [2.24, 2.45) is 4.99 Å². The van der Waals surface area contributed by atoms with Crippen LogP contribution in [0, 0.1) is 0 Å². The predicted octanol–water partition coefficient (Wildman–Crippen LogP) is 7.58. The van der Waals surface area contributed by atoms with E-state index in [1.807, 2.05) is 49.9 Å². The standard InChI is InChI=1S/C32H42N2O4S/c1-7-8-14-27-33-32(19-9-10-20-32)28(35)34(27)22-23-15-17-25(18-16-23)39-26-13-11-12-24(21-26)37-31(5,6)29(36)38-30(2,3)4/h11-13,15-18,21H,7-10,14,19-20,22H2,1-6H3. The molecule has 0 unspecified atom stereocenters. The number of carbonyl (C=O) groups excluding carboxylic acids is 2. The number of benzene rings is 2. The Morgan fingerprint density at radius 2 is 1.72 bits per heavy atom. The van der Waals surface area contributed by atoms with Gasteiger partial charge in [0.05, 0.1) is 6.54 Å². The summed E-state index contributed by atoms with van der Waals surface area (Å²) in [5, 5.41) is 0. The average Bonchev–Trinajstić information content (AvgIpc) is 3.43. The number of esters is 1. The van der Waals surface area contributed by atoms with Crippen molar-refractivity contribution in [1.29, 1.82) is 0 Å². The Labute approximate surface area is 237 Å². The van der Waals surface area contributed by atoms with Crippen LogP contribution in [0.2, 0.25) is 0 Å². The highest BCUT2D eigenvalue weighted by Crippen LogP contribution is 2.40. The molecule has 0 saturated heterocycles. The third-order valence-electron chi connectivity index (χ3n) is 7.05. The zero-order chi connectivity index (χ0) is 28.3. The molecule has 1 aliphatic heterocycles. The molecule has 1 aliphatic carbocycles. The Morgan fingerprint density at radius 1 is 1.03 bits per heavy atom. The molecule has 1 heterocycles. The predicted molar refractivity (Wildman–Crippen MR) is 156 cm³/mol. The van der Waals surface area contributed by atoms with Crippen molar-refractivity contribution < 1.29 is 19.1 Å². The number of carbonyl (C=O) groups is 2. The molecule has 1 amide bonds. The molecule has 1 saturated carbocycles. The lowest BCUT2D eigenvalue weighted by atomic mass is 9.98. The molecule has 0 bridgehead atoms. The summed E-state index contributed by atoms with van der Waals surface area (Å²) in [6, 6.07) is 16.1. The first-order chi connectivity index (χ1) is 18.4. The molecule has 0 aromatic heterocycles. The summed E-state index contributed by atoms with van der Waals surface area (Å²) >= 11 is 1.62. The lowest BCUT2D eigenvalue weighted by Gasteiger charge is -2.29. The van der Waals surface area contributed by atoms with Crippen LogP contribution in [-0.2, 0) is 20.9 Å². The van der Waals surface area contributed by atoms with E-state index in [2.05, 4.69) is 31.2 Å². The van der Waals surface area contributed by atoms with Crippen LogP contribution in [0.5, 0.6) is 5.75 Å². The summed E-state index contributed by atoms with van der Waals surface area (Å²) in [5.74, 6) is 1.37. The molecular formula is C32H42N2O4S. The largest absolute Gasteiger partial charge is 0.476 e. The third-order valence-corrected chi connectivity index (χ3v) is 8.05. The highest BCUT2D eigenvalue weighted by Gasteiger charge is 2.49. The number of nitrogens with zero attached hydrogens (tertiary/aromatic N) is 2. The van der Waals surface area contributed by atoms with Crippen molar-refractivity contribution in [1.82, 2.24) is 4.90 Å². The summed E-state index contributed by atoms with van der Waals surface area (Å²) in [4.78, 5) is 35.1. The molecule has 39 heavy (non-hydrogen) atoms. The minimum atomic E-state index is -1.11. The number of unbranched alkanes of at least 4 members (excludes halogenated alkanes) is 1. The van der Waals surface area contributed by atoms with Crippen molar-refractivity contribution >= 4 is 29.5 Å². The zero-order valence-electron chi connectivity index (χ0n) is 24.2. The molecule has 2 aromatic carbocycles. The van der Waals surface area contributed by atoms with Crippen LogP contribution in [0.1, 0.15) is 92.1 Å². The molecule has 6 nitrogen and oxygen atoms in total. The molecular weight excluding hydrogens is 508 g/mol. The number of aliphatic imine (C=N–C) groups is 1. The SMILES string of the molecule is CCCCC1=NC2(CCCC2)C(=O)N1Cc1ccc(Sc2cccc(OC(C)(C)C(=O)OC(C)(C)C)c2)cc1. The average molecular weight is 551 g/mol. The van der Waals surface area contributed by atoms with Gasteiger partial charge in [-0.3, -0.25) is 14.7 Å². The van der Waals surface area contributed by atoms with Gasteiger partial charge in [0.2, 0.25) is 0 Å². The number of rotatable bonds is 10. The highest BCUT2D eigenvalue weighted by molar-refractivity contribution is 7.99. The van der Waals surface area contributed by atoms with Gasteiger partial charge in [-0.15, -0.1) is 0 Å². The van der Waals surface area contributed by atoms with Gasteiger partial charge in [-0.25, -0.2) is 4.79 Å². The van der Waals surface area contributed by atoms with E-state index in [1.54, 1.807) is 25.6 Å². The van der Waals surface area contributed by atoms with E-state index in [9.17, 15) is 9.59 Å². The number of amidine groups is 1. The molecule has 4 rings (SSSR count). The van der Waals surface area contributed by atoms with Gasteiger partial charge < -0.3 is 9.47 Å². The second-order valence-corrected chi connectivity index (χ2v) is 13.2. The van der Waals surface area contributed by atoms with Crippen LogP contribution in [0.3, 0.4) is 0 Å². The second kappa shape index (κ2) is 11.7. The molecule has 1 spiro atoms. The fourth-order valence-corrected chi connectivity index (χ4v) is 5.88. The summed E-state index contributed by atoms with van der Waals surface area (Å²) in [6.45, 7) is 11.7. The number of ether oxygens (including phenoxy) is 2. The lowest BCUT2D eigenvalue weighted by molar-refractivity contribution is -0.170. The van der Waals surface area contributed by atoms with Crippen LogP contribution in [-0.4, -0.2) is 39.4 Å². The number of hydrogen-bond acceptors (Lipinski definition) is 6. The Kier molecular flexibility index (Phi) is 8.79. The molecule has 7 heteroatoms. The van der Waals surface area contributed by atoms with Gasteiger partial charge in [0.25, 0.3) is 5.91 Å². The van der Waals surface area contributed by atoms with E-state index in [0.29, 0.717) is 12.3 Å². The van der Waals surface area contributed by atoms with Crippen LogP contribution in [0.4, 0.5) is 0 Å². The fraction of sp³-hybridized carbons (Fsp3) is 0.531. The zero-order valence-corrected chi connectivity index (χ0v) is 25.0. The maximum atomic E-state index is 13.4. The van der Waals surface area contributed by atoms with Gasteiger partial charge in [0, 0.05) is 16.2 Å². The fourth-order valence-electron chi connectivity index (χ4n) is 5.02. The molecule has 1 fully saturated rings. The second-order valence-electron chi connectivity index (χ2n) is 12.1. The third kappa shape index (κ3) is 7.24. The molecule has 2 aliphatic rings. The van der Waals surface area contributed by atoms with Gasteiger partial charge in [-0.1, -0.05) is 56.1 Å². The van der Waals surface area contributed by atoms with Gasteiger partial charge in [-0.2, -0.15) is 0 Å². The van der Waals surface area contributed by atoms with Crippen molar-refractivity contribution in [3.63, 3.8) is 0 Å². The maximum Gasteiger partial charge on any atom is 0.350 e. The Balaban J connectivity index is 1.40. The van der Waals surface area contributed by atoms with Crippen molar-refractivity contribution in [3.05, 3.63) is 54.1 Å². The molecule has 0 N–H and O–H groups in total. The van der Waals surface area contributed by atoms with Gasteiger partial charge in [-0.05, 0) is 89.8 Å². The van der Waals surface area contributed by atoms with Crippen LogP contribution in [0.15, 0.2) is 63.3 Å². The first-order valence-corrected chi connectivity index (χ1v) is 14.9. The van der Waals surface area contributed by atoms with Crippen LogP contribution < -0.4 is 4.74 Å². The molecule has 2 aromatic rings. The van der Waals surface area contributed by atoms with E-state index < -0.39 is 22.7 Å². The summed E-state index contributed by atoms with van der Waals surface area (Å²) in [6.07, 6.45) is 6.93. The quantitative estimate of drug-likeness (QED) is 0.285. The maximum absolute atomic E-state index is 13.4. The molecule has 0 atom stereocenters. The minimum absolute atomic E-state index is 0.190. The Morgan fingerprint density at radius 3 is 2.36 bits per heavy atom. The summed E-state index contributed by atoms with van der Waals surface area (Å²) < 4.78 is 11.6. The van der Waals surface area contributed by atoms with Gasteiger partial charge in [0.15, 0.2) is 5.60 Å². The molecule has 210 valence electrons. The van der Waals surface area contributed by atoms with Crippen LogP contribution >= 0.6 is 11.8 Å². The van der Waals surface area contributed by atoms with Gasteiger partial charge >= 0.3 is 5.97 Å². The highest BCUT2D eigenvalue weighted by atomic mass is 32.2. The Hall–Kier alpha value is -2.80. The van der Waals surface area contributed by atoms with Crippen molar-refractivity contribution in [2.45, 2.75) is 120 Å². The van der Waals surface area contributed by atoms with E-state index in [0.717, 1.165) is 66.1 Å². The smallest absolute Gasteiger partial charge is 0.350 e. The number of amides is 1. The van der Waals surface area contributed by atoms with E-state index in [4.69, 9.17) is 14.5 Å². The minimum Gasteiger partial charge on any atom is -0.476 e. The monoisotopic (exact) mass is 550 g/mol. The summed E-state index contributed by atoms with van der Waals surface area (Å²) in [5.41, 5.74) is -1.08. The van der Waals surface area contributed by atoms with Crippen molar-refractivity contribution in [3.8, 4) is 5.75 Å². The van der Waals surface area contributed by atoms with Crippen LogP contribution in [0.25, 0.3) is 0 Å². The topological polar surface area (TPSA) is 68.2 Å². The molecule has 0 radical (unpaired) electrons. The number of hydrogen-bond donors (Lipinski definition) is 0. The van der Waals surface area contributed by atoms with E-state index in [-0.39, 0.29) is 5.91 Å². The van der Waals surface area contributed by atoms with Crippen molar-refractivity contribution in [2.75, 3.05) is 0 Å².